The van der Waals surface area contributed by atoms with E-state index >= 15 is 0 Å². The fraction of sp³-hybridized carbons (Fsp3) is 0.429. The van der Waals surface area contributed by atoms with Gasteiger partial charge >= 0.3 is 12.4 Å². The number of carbonyl (C=O) groups excluding carboxylic acids is 1. The lowest BCUT2D eigenvalue weighted by Gasteiger charge is -2.18. The molecule has 144 valence electrons. The second kappa shape index (κ2) is 7.67. The minimum absolute atomic E-state index is 0.0970. The van der Waals surface area contributed by atoms with Gasteiger partial charge in [0.2, 0.25) is 5.91 Å². The minimum atomic E-state index is -4.67. The number of aliphatic imine (C=N–C) groups is 1. The van der Waals surface area contributed by atoms with Gasteiger partial charge in [-0.3, -0.25) is 9.69 Å². The molecule has 0 aliphatic carbocycles. The van der Waals surface area contributed by atoms with E-state index in [0.29, 0.717) is 28.4 Å². The number of nitrogens with zero attached hydrogens (tertiary/aromatic N) is 2. The van der Waals surface area contributed by atoms with Crippen molar-refractivity contribution in [3.8, 4) is 0 Å². The number of benzene rings is 1. The van der Waals surface area contributed by atoms with Gasteiger partial charge in [0.1, 0.15) is 18.0 Å². The molecule has 3 nitrogen and oxygen atoms in total. The smallest absolute Gasteiger partial charge is 0.281 e. The number of hydrogen-bond acceptors (Lipinski definition) is 4. The molecule has 0 aromatic heterocycles. The molecule has 26 heavy (non-hydrogen) atoms. The largest absolute Gasteiger partial charge is 0.406 e. The lowest BCUT2D eigenvalue weighted by atomic mass is 10.2. The Morgan fingerprint density at radius 1 is 1.19 bits per heavy atom. The van der Waals surface area contributed by atoms with Crippen molar-refractivity contribution < 1.29 is 35.5 Å². The number of rotatable bonds is 4. The molecular weight excluding hydrogens is 409 g/mol. The number of alkyl halides is 6. The molecule has 0 radical (unpaired) electrons. The summed E-state index contributed by atoms with van der Waals surface area (Å²) < 4.78 is 88.8. The maximum Gasteiger partial charge on any atom is 0.406 e. The molecule has 1 saturated heterocycles. The van der Waals surface area contributed by atoms with E-state index in [-0.39, 0.29) is 21.4 Å². The topological polar surface area (TPSA) is 32.7 Å². The highest BCUT2D eigenvalue weighted by atomic mass is 32.2. The first-order valence-electron chi connectivity index (χ1n) is 6.94. The second-order valence-corrected chi connectivity index (χ2v) is 7.21. The second-order valence-electron chi connectivity index (χ2n) is 5.25. The van der Waals surface area contributed by atoms with Crippen LogP contribution >= 0.6 is 23.5 Å². The van der Waals surface area contributed by atoms with Gasteiger partial charge in [-0.15, -0.1) is 11.8 Å². The molecule has 0 atom stereocenters. The first kappa shape index (κ1) is 20.9. The number of amidine groups is 1. The third-order valence-electron chi connectivity index (χ3n) is 3.05. The predicted molar refractivity (Wildman–Crippen MR) is 85.2 cm³/mol. The quantitative estimate of drug-likeness (QED) is 0.512. The normalized spacial score (nSPS) is 17.5. The summed E-state index contributed by atoms with van der Waals surface area (Å²) in [6.45, 7) is -0.163. The van der Waals surface area contributed by atoms with Crippen LogP contribution in [0, 0.1) is 12.7 Å². The summed E-state index contributed by atoms with van der Waals surface area (Å²) in [7, 11) is 0. The van der Waals surface area contributed by atoms with Gasteiger partial charge in [-0.05, 0) is 24.6 Å². The molecule has 1 aromatic carbocycles. The SMILES string of the molecule is Cc1cc(F)c(N=C2SCC(=O)N2CC(F)(F)F)cc1SCC(F)(F)F. The lowest BCUT2D eigenvalue weighted by Crippen LogP contribution is -2.38. The van der Waals surface area contributed by atoms with Crippen molar-refractivity contribution in [3.63, 3.8) is 0 Å². The highest BCUT2D eigenvalue weighted by Crippen LogP contribution is 2.35. The van der Waals surface area contributed by atoms with Crippen molar-refractivity contribution in [2.45, 2.75) is 24.2 Å². The minimum Gasteiger partial charge on any atom is -0.281 e. The molecular formula is C14H11F7N2OS2. The van der Waals surface area contributed by atoms with E-state index in [1.165, 1.54) is 6.92 Å². The average Bonchev–Trinajstić information content (AvgIpc) is 2.79. The molecule has 0 saturated carbocycles. The molecule has 1 aliphatic heterocycles. The van der Waals surface area contributed by atoms with Crippen LogP contribution in [0.15, 0.2) is 22.0 Å². The summed E-state index contributed by atoms with van der Waals surface area (Å²) in [5.74, 6) is -3.22. The zero-order valence-corrected chi connectivity index (χ0v) is 14.7. The number of amides is 1. The van der Waals surface area contributed by atoms with E-state index in [9.17, 15) is 35.5 Å². The van der Waals surface area contributed by atoms with Gasteiger partial charge in [-0.2, -0.15) is 26.3 Å². The molecule has 0 N–H and O–H groups in total. The summed E-state index contributed by atoms with van der Waals surface area (Å²) in [5.41, 5.74) is -0.187. The van der Waals surface area contributed by atoms with Crippen LogP contribution in [0.4, 0.5) is 36.4 Å². The molecule has 12 heteroatoms. The molecule has 1 fully saturated rings. The maximum atomic E-state index is 14.0. The summed E-state index contributed by atoms with van der Waals surface area (Å²) in [5, 5.41) is -0.346. The Morgan fingerprint density at radius 3 is 2.42 bits per heavy atom. The molecule has 2 rings (SSSR count). The van der Waals surface area contributed by atoms with Crippen molar-refractivity contribution in [1.82, 2.24) is 4.90 Å². The monoisotopic (exact) mass is 420 g/mol. The summed E-state index contributed by atoms with van der Waals surface area (Å²) in [6.07, 6.45) is -9.10. The zero-order chi connectivity index (χ0) is 19.7. The van der Waals surface area contributed by atoms with Crippen LogP contribution in [0.5, 0.6) is 0 Å². The summed E-state index contributed by atoms with van der Waals surface area (Å²) in [6, 6.07) is 1.98. The first-order valence-corrected chi connectivity index (χ1v) is 8.91. The average molecular weight is 420 g/mol. The van der Waals surface area contributed by atoms with Gasteiger partial charge < -0.3 is 0 Å². The van der Waals surface area contributed by atoms with Gasteiger partial charge in [0.05, 0.1) is 11.5 Å². The Hall–Kier alpha value is -1.43. The Kier molecular flexibility index (Phi) is 6.16. The van der Waals surface area contributed by atoms with Crippen molar-refractivity contribution >= 4 is 40.3 Å². The molecule has 1 heterocycles. The third kappa shape index (κ3) is 5.79. The molecule has 0 spiro atoms. The molecule has 0 bridgehead atoms. The molecule has 1 aromatic rings. The Balaban J connectivity index is 2.32. The standard InChI is InChI=1S/C14H11F7N2OS2/c1-7-2-8(15)9(3-10(7)26-6-14(19,20)21)22-12-23(5-13(16,17)18)11(24)4-25-12/h2-3H,4-6H2,1H3. The fourth-order valence-electron chi connectivity index (χ4n) is 1.96. The van der Waals surface area contributed by atoms with E-state index < -0.39 is 42.1 Å². The number of halogens is 7. The fourth-order valence-corrected chi connectivity index (χ4v) is 3.66. The van der Waals surface area contributed by atoms with Gasteiger partial charge in [0.25, 0.3) is 0 Å². The van der Waals surface area contributed by atoms with Crippen LogP contribution in [-0.2, 0) is 4.79 Å². The molecule has 0 unspecified atom stereocenters. The van der Waals surface area contributed by atoms with Gasteiger partial charge in [-0.25, -0.2) is 9.38 Å². The van der Waals surface area contributed by atoms with E-state index in [1.54, 1.807) is 0 Å². The number of hydrogen-bond donors (Lipinski definition) is 0. The molecule has 1 amide bonds. The summed E-state index contributed by atoms with van der Waals surface area (Å²) in [4.78, 5) is 15.8. The number of aryl methyl sites for hydroxylation is 1. The van der Waals surface area contributed by atoms with Crippen molar-refractivity contribution in [2.75, 3.05) is 18.1 Å². The highest BCUT2D eigenvalue weighted by Gasteiger charge is 2.39. The van der Waals surface area contributed by atoms with E-state index in [1.807, 2.05) is 0 Å². The van der Waals surface area contributed by atoms with E-state index in [0.717, 1.165) is 12.1 Å². The van der Waals surface area contributed by atoms with Crippen LogP contribution < -0.4 is 0 Å². The van der Waals surface area contributed by atoms with Gasteiger partial charge in [0, 0.05) is 4.90 Å². The first-order chi connectivity index (χ1) is 11.9. The Bertz CT molecular complexity index is 731. The van der Waals surface area contributed by atoms with Crippen molar-refractivity contribution in [3.05, 3.63) is 23.5 Å². The van der Waals surface area contributed by atoms with E-state index in [2.05, 4.69) is 4.99 Å². The van der Waals surface area contributed by atoms with Gasteiger partial charge in [-0.1, -0.05) is 11.8 Å². The van der Waals surface area contributed by atoms with Crippen LogP contribution in [0.25, 0.3) is 0 Å². The number of thioether (sulfide) groups is 2. The van der Waals surface area contributed by atoms with Crippen LogP contribution in [0.3, 0.4) is 0 Å². The zero-order valence-electron chi connectivity index (χ0n) is 13.0. The van der Waals surface area contributed by atoms with Crippen molar-refractivity contribution in [1.29, 1.82) is 0 Å². The lowest BCUT2D eigenvalue weighted by molar-refractivity contribution is -0.150. The maximum absolute atomic E-state index is 14.0. The van der Waals surface area contributed by atoms with Crippen LogP contribution in [-0.4, -0.2) is 46.4 Å². The predicted octanol–water partition coefficient (Wildman–Crippen LogP) is 4.91. The van der Waals surface area contributed by atoms with Crippen LogP contribution in [0.1, 0.15) is 5.56 Å². The summed E-state index contributed by atoms with van der Waals surface area (Å²) >= 11 is 1.12. The van der Waals surface area contributed by atoms with Gasteiger partial charge in [0.15, 0.2) is 5.17 Å². The van der Waals surface area contributed by atoms with Crippen molar-refractivity contribution in [2.24, 2.45) is 4.99 Å². The number of carbonyl (C=O) groups is 1. The Labute approximate surface area is 152 Å². The van der Waals surface area contributed by atoms with E-state index in [4.69, 9.17) is 0 Å². The highest BCUT2D eigenvalue weighted by molar-refractivity contribution is 8.15. The third-order valence-corrected chi connectivity index (χ3v) is 5.23. The van der Waals surface area contributed by atoms with Crippen LogP contribution in [0.2, 0.25) is 0 Å². The Morgan fingerprint density at radius 2 is 1.85 bits per heavy atom. The molecule has 1 aliphatic rings.